The molecule has 0 radical (unpaired) electrons. The van der Waals surface area contributed by atoms with Crippen LogP contribution in [0.2, 0.25) is 5.02 Å². The predicted molar refractivity (Wildman–Crippen MR) is 74.0 cm³/mol. The second-order valence-electron chi connectivity index (χ2n) is 5.61. The molecule has 1 aliphatic carbocycles. The molecule has 1 aliphatic heterocycles. The minimum atomic E-state index is -0.821. The van der Waals surface area contributed by atoms with Gasteiger partial charge in [0, 0.05) is 25.3 Å². The Morgan fingerprint density at radius 1 is 1.30 bits per heavy atom. The summed E-state index contributed by atoms with van der Waals surface area (Å²) in [7, 11) is 0. The fourth-order valence-corrected chi connectivity index (χ4v) is 3.01. The molecule has 0 spiro atoms. The first-order chi connectivity index (χ1) is 9.56. The van der Waals surface area contributed by atoms with E-state index in [1.54, 1.807) is 17.2 Å². The van der Waals surface area contributed by atoms with Gasteiger partial charge in [-0.3, -0.25) is 9.59 Å². The summed E-state index contributed by atoms with van der Waals surface area (Å²) in [6.45, 7) is 0.914. The van der Waals surface area contributed by atoms with Crippen LogP contribution < -0.4 is 0 Å². The van der Waals surface area contributed by atoms with Crippen molar-refractivity contribution in [1.29, 1.82) is 0 Å². The topological polar surface area (TPSA) is 62.5 Å². The maximum atomic E-state index is 12.6. The summed E-state index contributed by atoms with van der Waals surface area (Å²) < 4.78 is 1.94. The fourth-order valence-electron chi connectivity index (χ4n) is 2.80. The molecule has 20 heavy (non-hydrogen) atoms. The van der Waals surface area contributed by atoms with E-state index in [1.807, 2.05) is 4.57 Å². The summed E-state index contributed by atoms with van der Waals surface area (Å²) >= 11 is 6.01. The van der Waals surface area contributed by atoms with Gasteiger partial charge in [0.1, 0.15) is 5.69 Å². The molecule has 0 aromatic carbocycles. The second kappa shape index (κ2) is 5.13. The molecule has 3 rings (SSSR count). The van der Waals surface area contributed by atoms with Crippen LogP contribution in [0.15, 0.2) is 12.3 Å². The Kier molecular flexibility index (Phi) is 3.46. The monoisotopic (exact) mass is 296 g/mol. The number of carboxylic acid groups (broad SMARTS) is 1. The predicted octanol–water partition coefficient (Wildman–Crippen LogP) is 2.41. The maximum Gasteiger partial charge on any atom is 0.308 e. The molecule has 1 amide bonds. The lowest BCUT2D eigenvalue weighted by Crippen LogP contribution is -2.42. The van der Waals surface area contributed by atoms with E-state index < -0.39 is 11.9 Å². The number of carbonyl (C=O) groups is 2. The van der Waals surface area contributed by atoms with Gasteiger partial charge in [0.15, 0.2) is 0 Å². The van der Waals surface area contributed by atoms with Crippen LogP contribution >= 0.6 is 11.6 Å². The van der Waals surface area contributed by atoms with Crippen molar-refractivity contribution in [1.82, 2.24) is 9.47 Å². The SMILES string of the molecule is O=C(O)C1CCCN(C(=O)c2cc(Cl)cn2C2CC2)C1. The van der Waals surface area contributed by atoms with Gasteiger partial charge in [-0.2, -0.15) is 0 Å². The molecule has 1 aromatic heterocycles. The van der Waals surface area contributed by atoms with E-state index in [2.05, 4.69) is 0 Å². The molecule has 6 heteroatoms. The molecular formula is C14H17ClN2O3. The van der Waals surface area contributed by atoms with Crippen LogP contribution in [-0.4, -0.2) is 39.5 Å². The van der Waals surface area contributed by atoms with Gasteiger partial charge in [-0.05, 0) is 31.7 Å². The van der Waals surface area contributed by atoms with Crippen LogP contribution in [0.5, 0.6) is 0 Å². The first-order valence-electron chi connectivity index (χ1n) is 6.95. The molecular weight excluding hydrogens is 280 g/mol. The molecule has 1 unspecified atom stereocenters. The van der Waals surface area contributed by atoms with Crippen LogP contribution in [0.1, 0.15) is 42.2 Å². The van der Waals surface area contributed by atoms with Gasteiger partial charge in [-0.25, -0.2) is 0 Å². The average Bonchev–Trinajstić information content (AvgIpc) is 3.21. The lowest BCUT2D eigenvalue weighted by Gasteiger charge is -2.31. The summed E-state index contributed by atoms with van der Waals surface area (Å²) in [5, 5.41) is 9.66. The van der Waals surface area contributed by atoms with E-state index in [9.17, 15) is 9.59 Å². The van der Waals surface area contributed by atoms with Crippen molar-refractivity contribution in [3.05, 3.63) is 23.0 Å². The number of hydrogen-bond acceptors (Lipinski definition) is 2. The summed E-state index contributed by atoms with van der Waals surface area (Å²) in [4.78, 5) is 25.3. The van der Waals surface area contributed by atoms with E-state index in [-0.39, 0.29) is 5.91 Å². The zero-order chi connectivity index (χ0) is 14.3. The number of aromatic nitrogens is 1. The highest BCUT2D eigenvalue weighted by molar-refractivity contribution is 6.31. The third kappa shape index (κ3) is 2.54. The summed E-state index contributed by atoms with van der Waals surface area (Å²) in [5.74, 6) is -1.37. The number of piperidine rings is 1. The number of aliphatic carboxylic acids is 1. The van der Waals surface area contributed by atoms with Crippen molar-refractivity contribution < 1.29 is 14.7 Å². The van der Waals surface area contributed by atoms with Crippen LogP contribution in [-0.2, 0) is 4.79 Å². The lowest BCUT2D eigenvalue weighted by molar-refractivity contribution is -0.143. The highest BCUT2D eigenvalue weighted by atomic mass is 35.5. The van der Waals surface area contributed by atoms with Gasteiger partial charge in [0.05, 0.1) is 10.9 Å². The van der Waals surface area contributed by atoms with Crippen molar-refractivity contribution in [3.63, 3.8) is 0 Å². The first-order valence-corrected chi connectivity index (χ1v) is 7.33. The number of halogens is 1. The van der Waals surface area contributed by atoms with Crippen LogP contribution in [0.4, 0.5) is 0 Å². The van der Waals surface area contributed by atoms with Crippen LogP contribution in [0.3, 0.4) is 0 Å². The molecule has 1 aromatic rings. The normalized spacial score (nSPS) is 22.9. The molecule has 108 valence electrons. The number of nitrogens with zero attached hydrogens (tertiary/aromatic N) is 2. The Morgan fingerprint density at radius 2 is 2.05 bits per heavy atom. The Morgan fingerprint density at radius 3 is 2.70 bits per heavy atom. The molecule has 1 atom stereocenters. The molecule has 2 heterocycles. The zero-order valence-electron chi connectivity index (χ0n) is 11.1. The lowest BCUT2D eigenvalue weighted by atomic mass is 9.98. The van der Waals surface area contributed by atoms with Crippen molar-refractivity contribution in [2.45, 2.75) is 31.7 Å². The number of likely N-dealkylation sites (tertiary alicyclic amines) is 1. The number of carbonyl (C=O) groups excluding carboxylic acids is 1. The Labute approximate surface area is 122 Å². The van der Waals surface area contributed by atoms with Gasteiger partial charge in [0.25, 0.3) is 5.91 Å². The van der Waals surface area contributed by atoms with Crippen molar-refractivity contribution in [2.75, 3.05) is 13.1 Å². The standard InChI is InChI=1S/C14H17ClN2O3/c15-10-6-12(17(8-10)11-3-4-11)13(18)16-5-1-2-9(7-16)14(19)20/h6,8-9,11H,1-5,7H2,(H,19,20). The molecule has 0 bridgehead atoms. The zero-order valence-corrected chi connectivity index (χ0v) is 11.8. The third-order valence-corrected chi connectivity index (χ3v) is 4.24. The van der Waals surface area contributed by atoms with Gasteiger partial charge < -0.3 is 14.6 Å². The van der Waals surface area contributed by atoms with E-state index in [0.717, 1.165) is 19.3 Å². The molecule has 1 N–H and O–H groups in total. The summed E-state index contributed by atoms with van der Waals surface area (Å²) in [5.41, 5.74) is 0.587. The highest BCUT2D eigenvalue weighted by Crippen LogP contribution is 2.37. The fraction of sp³-hybridized carbons (Fsp3) is 0.571. The van der Waals surface area contributed by atoms with E-state index in [4.69, 9.17) is 16.7 Å². The minimum Gasteiger partial charge on any atom is -0.481 e. The van der Waals surface area contributed by atoms with Crippen molar-refractivity contribution in [3.8, 4) is 0 Å². The van der Waals surface area contributed by atoms with Gasteiger partial charge in [-0.1, -0.05) is 11.6 Å². The smallest absolute Gasteiger partial charge is 0.308 e. The van der Waals surface area contributed by atoms with E-state index in [1.165, 1.54) is 0 Å². The average molecular weight is 297 g/mol. The Balaban J connectivity index is 1.80. The first kappa shape index (κ1) is 13.5. The van der Waals surface area contributed by atoms with Gasteiger partial charge in [-0.15, -0.1) is 0 Å². The largest absolute Gasteiger partial charge is 0.481 e. The van der Waals surface area contributed by atoms with Gasteiger partial charge >= 0.3 is 5.97 Å². The minimum absolute atomic E-state index is 0.102. The maximum absolute atomic E-state index is 12.6. The number of rotatable bonds is 3. The summed E-state index contributed by atoms with van der Waals surface area (Å²) in [6, 6.07) is 2.06. The summed E-state index contributed by atoms with van der Waals surface area (Å²) in [6.07, 6.45) is 5.32. The van der Waals surface area contributed by atoms with E-state index in [0.29, 0.717) is 36.3 Å². The quantitative estimate of drug-likeness (QED) is 0.931. The molecule has 2 aliphatic rings. The van der Waals surface area contributed by atoms with Crippen molar-refractivity contribution in [2.24, 2.45) is 5.92 Å². The third-order valence-electron chi connectivity index (χ3n) is 4.03. The number of amides is 1. The van der Waals surface area contributed by atoms with Gasteiger partial charge in [0.2, 0.25) is 0 Å². The number of hydrogen-bond donors (Lipinski definition) is 1. The molecule has 1 saturated carbocycles. The number of carboxylic acids is 1. The molecule has 2 fully saturated rings. The molecule has 5 nitrogen and oxygen atoms in total. The van der Waals surface area contributed by atoms with Crippen molar-refractivity contribution >= 4 is 23.5 Å². The molecule has 1 saturated heterocycles. The van der Waals surface area contributed by atoms with Crippen LogP contribution in [0, 0.1) is 5.92 Å². The second-order valence-corrected chi connectivity index (χ2v) is 6.05. The highest BCUT2D eigenvalue weighted by Gasteiger charge is 2.33. The van der Waals surface area contributed by atoms with E-state index >= 15 is 0 Å². The Bertz CT molecular complexity index is 551. The van der Waals surface area contributed by atoms with Crippen LogP contribution in [0.25, 0.3) is 0 Å². The Hall–Kier alpha value is -1.49.